The Morgan fingerprint density at radius 3 is 1.76 bits per heavy atom. The third kappa shape index (κ3) is 6.33. The van der Waals surface area contributed by atoms with Gasteiger partial charge in [0.1, 0.15) is 0 Å². The highest BCUT2D eigenvalue weighted by molar-refractivity contribution is 5.75. The summed E-state index contributed by atoms with van der Waals surface area (Å²) in [6.07, 6.45) is 14.1. The molecule has 0 N–H and O–H groups in total. The minimum absolute atomic E-state index is 0.688. The Labute approximate surface area is 271 Å². The van der Waals surface area contributed by atoms with Crippen LogP contribution < -0.4 is 9.80 Å². The normalized spacial score (nSPS) is 12.7. The van der Waals surface area contributed by atoms with Crippen LogP contribution in [0, 0.1) is 13.8 Å². The number of aryl methyl sites for hydroxylation is 2. The standard InChI is InChI=1S/C40H36N6/c1-5-16-31(6-2)45(32-17-10-7-11-18-32)39-25-23-37(41-43-39)35-27-30(4)36(28-29(35)3)38-24-26-40(44-42-38)46(33-19-12-8-13-20-33)34-21-14-9-15-22-34/h5-8,10-14,16-28H,1-2,9,15H2,3-4H3/b31-16+. The summed E-state index contributed by atoms with van der Waals surface area (Å²) in [5.41, 5.74) is 9.80. The van der Waals surface area contributed by atoms with Gasteiger partial charge in [-0.25, -0.2) is 0 Å². The lowest BCUT2D eigenvalue weighted by molar-refractivity contribution is 0.961. The Balaban J connectivity index is 1.29. The van der Waals surface area contributed by atoms with E-state index < -0.39 is 0 Å². The Bertz CT molecular complexity index is 1920. The fraction of sp³-hybridized carbons (Fsp3) is 0.100. The summed E-state index contributed by atoms with van der Waals surface area (Å²) in [6, 6.07) is 32.7. The summed E-state index contributed by atoms with van der Waals surface area (Å²) in [5, 5.41) is 18.7. The summed E-state index contributed by atoms with van der Waals surface area (Å²) >= 11 is 0. The molecule has 0 saturated carbocycles. The first-order valence-electron chi connectivity index (χ1n) is 15.4. The molecule has 226 valence electrons. The van der Waals surface area contributed by atoms with E-state index in [0.717, 1.165) is 75.1 Å². The molecule has 0 radical (unpaired) electrons. The number of anilines is 4. The van der Waals surface area contributed by atoms with Crippen LogP contribution in [0.15, 0.2) is 158 Å². The molecule has 2 aromatic heterocycles. The molecule has 0 unspecified atom stereocenters. The molecule has 0 atom stereocenters. The van der Waals surface area contributed by atoms with Crippen LogP contribution in [-0.4, -0.2) is 20.4 Å². The highest BCUT2D eigenvalue weighted by atomic mass is 15.3. The molecule has 2 heterocycles. The average molecular weight is 601 g/mol. The molecule has 6 rings (SSSR count). The van der Waals surface area contributed by atoms with Gasteiger partial charge in [0.2, 0.25) is 0 Å². The van der Waals surface area contributed by atoms with Crippen LogP contribution in [0.5, 0.6) is 0 Å². The molecule has 1 aliphatic carbocycles. The van der Waals surface area contributed by atoms with Gasteiger partial charge in [-0.1, -0.05) is 67.8 Å². The van der Waals surface area contributed by atoms with Crippen molar-refractivity contribution >= 4 is 23.0 Å². The van der Waals surface area contributed by atoms with E-state index in [1.165, 1.54) is 0 Å². The first kappa shape index (κ1) is 30.2. The average Bonchev–Trinajstić information content (AvgIpc) is 3.11. The third-order valence-corrected chi connectivity index (χ3v) is 7.90. The molecule has 1 aliphatic rings. The third-order valence-electron chi connectivity index (χ3n) is 7.90. The van der Waals surface area contributed by atoms with Gasteiger partial charge in [0.25, 0.3) is 0 Å². The Hall–Kier alpha value is -5.88. The van der Waals surface area contributed by atoms with Gasteiger partial charge >= 0.3 is 0 Å². The number of benzene rings is 3. The van der Waals surface area contributed by atoms with Crippen LogP contribution >= 0.6 is 0 Å². The molecule has 0 fully saturated rings. The molecule has 6 nitrogen and oxygen atoms in total. The lowest BCUT2D eigenvalue weighted by Gasteiger charge is -2.26. The van der Waals surface area contributed by atoms with Crippen LogP contribution in [0.25, 0.3) is 22.5 Å². The quantitative estimate of drug-likeness (QED) is 0.149. The molecule has 3 aromatic carbocycles. The minimum atomic E-state index is 0.688. The highest BCUT2D eigenvalue weighted by Gasteiger charge is 2.18. The summed E-state index contributed by atoms with van der Waals surface area (Å²) in [6.45, 7) is 12.0. The topological polar surface area (TPSA) is 58.0 Å². The molecule has 0 saturated heterocycles. The molecule has 0 bridgehead atoms. The van der Waals surface area contributed by atoms with E-state index >= 15 is 0 Å². The van der Waals surface area contributed by atoms with Crippen molar-refractivity contribution in [1.29, 1.82) is 0 Å². The van der Waals surface area contributed by atoms with E-state index in [0.29, 0.717) is 5.82 Å². The lowest BCUT2D eigenvalue weighted by Crippen LogP contribution is -2.17. The van der Waals surface area contributed by atoms with E-state index in [4.69, 9.17) is 10.2 Å². The second-order valence-corrected chi connectivity index (χ2v) is 11.0. The second-order valence-electron chi connectivity index (χ2n) is 11.0. The van der Waals surface area contributed by atoms with E-state index in [2.05, 4.69) is 84.6 Å². The maximum atomic E-state index is 4.70. The number of allylic oxidation sites excluding steroid dienone is 6. The maximum absolute atomic E-state index is 4.70. The van der Waals surface area contributed by atoms with Gasteiger partial charge in [0, 0.05) is 33.9 Å². The zero-order valence-corrected chi connectivity index (χ0v) is 26.2. The van der Waals surface area contributed by atoms with Crippen LogP contribution in [0.4, 0.5) is 23.0 Å². The van der Waals surface area contributed by atoms with Crippen LogP contribution in [0.3, 0.4) is 0 Å². The van der Waals surface area contributed by atoms with Gasteiger partial charge in [-0.05, 0) is 117 Å². The van der Waals surface area contributed by atoms with E-state index in [9.17, 15) is 0 Å². The molecular formula is C40H36N6. The number of nitrogens with zero attached hydrogens (tertiary/aromatic N) is 6. The predicted molar refractivity (Wildman–Crippen MR) is 190 cm³/mol. The smallest absolute Gasteiger partial charge is 0.160 e. The minimum Gasteiger partial charge on any atom is -0.294 e. The van der Waals surface area contributed by atoms with Crippen molar-refractivity contribution in [2.75, 3.05) is 9.80 Å². The van der Waals surface area contributed by atoms with Crippen molar-refractivity contribution in [3.63, 3.8) is 0 Å². The second kappa shape index (κ2) is 13.8. The largest absolute Gasteiger partial charge is 0.294 e. The first-order valence-corrected chi connectivity index (χ1v) is 15.4. The molecule has 6 heteroatoms. The molecular weight excluding hydrogens is 564 g/mol. The van der Waals surface area contributed by atoms with Crippen molar-refractivity contribution in [3.05, 3.63) is 169 Å². The summed E-state index contributed by atoms with van der Waals surface area (Å²) in [5.74, 6) is 1.47. The van der Waals surface area contributed by atoms with Crippen molar-refractivity contribution in [2.45, 2.75) is 26.7 Å². The SMILES string of the molecule is C=C/C=C(\C=C)N(c1ccccc1)c1ccc(-c2cc(C)c(-c3ccc(N(C4=CCCC=C4)c4ccccc4)nn3)cc2C)nn1. The number of hydrogen-bond donors (Lipinski definition) is 0. The summed E-state index contributed by atoms with van der Waals surface area (Å²) < 4.78 is 0. The highest BCUT2D eigenvalue weighted by Crippen LogP contribution is 2.34. The molecule has 0 aliphatic heterocycles. The van der Waals surface area contributed by atoms with E-state index in [1.807, 2.05) is 83.8 Å². The zero-order chi connectivity index (χ0) is 31.9. The number of aromatic nitrogens is 4. The monoisotopic (exact) mass is 600 g/mol. The van der Waals surface area contributed by atoms with Gasteiger partial charge in [-0.2, -0.15) is 0 Å². The van der Waals surface area contributed by atoms with E-state index in [1.54, 1.807) is 12.2 Å². The molecule has 0 amide bonds. The van der Waals surface area contributed by atoms with Gasteiger partial charge in [0.05, 0.1) is 11.4 Å². The molecule has 0 spiro atoms. The summed E-state index contributed by atoms with van der Waals surface area (Å²) in [4.78, 5) is 4.16. The maximum Gasteiger partial charge on any atom is 0.160 e. The zero-order valence-electron chi connectivity index (χ0n) is 26.2. The van der Waals surface area contributed by atoms with Crippen molar-refractivity contribution < 1.29 is 0 Å². The van der Waals surface area contributed by atoms with Crippen molar-refractivity contribution in [1.82, 2.24) is 20.4 Å². The van der Waals surface area contributed by atoms with Gasteiger partial charge < -0.3 is 0 Å². The number of hydrogen-bond acceptors (Lipinski definition) is 6. The van der Waals surface area contributed by atoms with Crippen LogP contribution in [0.2, 0.25) is 0 Å². The van der Waals surface area contributed by atoms with E-state index in [-0.39, 0.29) is 0 Å². The fourth-order valence-corrected chi connectivity index (χ4v) is 5.65. The Morgan fingerprint density at radius 2 is 1.26 bits per heavy atom. The van der Waals surface area contributed by atoms with Crippen LogP contribution in [0.1, 0.15) is 24.0 Å². The Kier molecular flexibility index (Phi) is 9.07. The first-order chi connectivity index (χ1) is 22.6. The Morgan fingerprint density at radius 1 is 0.674 bits per heavy atom. The number of para-hydroxylation sites is 2. The lowest BCUT2D eigenvalue weighted by atomic mass is 9.96. The van der Waals surface area contributed by atoms with Gasteiger partial charge in [-0.3, -0.25) is 9.80 Å². The van der Waals surface area contributed by atoms with Crippen LogP contribution in [-0.2, 0) is 0 Å². The number of rotatable bonds is 10. The summed E-state index contributed by atoms with van der Waals surface area (Å²) in [7, 11) is 0. The van der Waals surface area contributed by atoms with Gasteiger partial charge in [0.15, 0.2) is 11.6 Å². The predicted octanol–water partition coefficient (Wildman–Crippen LogP) is 9.98. The van der Waals surface area contributed by atoms with Crippen molar-refractivity contribution in [3.8, 4) is 22.5 Å². The molecule has 5 aromatic rings. The molecule has 46 heavy (non-hydrogen) atoms. The fourth-order valence-electron chi connectivity index (χ4n) is 5.65. The van der Waals surface area contributed by atoms with Crippen molar-refractivity contribution in [2.24, 2.45) is 0 Å². The van der Waals surface area contributed by atoms with Gasteiger partial charge in [-0.15, -0.1) is 20.4 Å².